The fourth-order valence-electron chi connectivity index (χ4n) is 2.99. The molecule has 0 aliphatic rings. The standard InChI is InChI=1S/C25H24IN3O6/c1-32-20-7-5-4-6-19(20)28-24(30)15-35-21-11-8-16(12-23(21)34-3)14-27-29-25(31)17-9-10-18(26)22(13-17)33-2/h4-14H,15H2,1-3H3,(H,28,30)(H,29,31)/b27-14+. The Morgan fingerprint density at radius 2 is 1.63 bits per heavy atom. The number of hydrogen-bond donors (Lipinski definition) is 2. The molecule has 182 valence electrons. The molecule has 3 rings (SSSR count). The van der Waals surface area contributed by atoms with E-state index in [4.69, 9.17) is 18.9 Å². The summed E-state index contributed by atoms with van der Waals surface area (Å²) in [6.45, 7) is -0.225. The first-order valence-corrected chi connectivity index (χ1v) is 11.4. The molecule has 0 aromatic heterocycles. The molecule has 0 spiro atoms. The van der Waals surface area contributed by atoms with Crippen molar-refractivity contribution in [2.45, 2.75) is 0 Å². The number of halogens is 1. The highest BCUT2D eigenvalue weighted by Crippen LogP contribution is 2.28. The number of carbonyl (C=O) groups is 2. The zero-order valence-corrected chi connectivity index (χ0v) is 21.5. The van der Waals surface area contributed by atoms with Gasteiger partial charge in [0.2, 0.25) is 0 Å². The lowest BCUT2D eigenvalue weighted by Crippen LogP contribution is -2.20. The molecule has 9 nitrogen and oxygen atoms in total. The van der Waals surface area contributed by atoms with E-state index in [1.165, 1.54) is 20.4 Å². The average molecular weight is 589 g/mol. The Kier molecular flexibility index (Phi) is 9.30. The molecule has 0 fully saturated rings. The highest BCUT2D eigenvalue weighted by Gasteiger charge is 2.11. The van der Waals surface area contributed by atoms with E-state index in [9.17, 15) is 9.59 Å². The van der Waals surface area contributed by atoms with E-state index in [1.807, 2.05) is 6.07 Å². The summed E-state index contributed by atoms with van der Waals surface area (Å²) in [5.41, 5.74) is 4.11. The molecule has 10 heteroatoms. The highest BCUT2D eigenvalue weighted by atomic mass is 127. The molecule has 3 aromatic rings. The van der Waals surface area contributed by atoms with Gasteiger partial charge >= 0.3 is 0 Å². The first-order chi connectivity index (χ1) is 16.9. The molecule has 0 bridgehead atoms. The second kappa shape index (κ2) is 12.6. The molecule has 0 aliphatic heterocycles. The van der Waals surface area contributed by atoms with Crippen molar-refractivity contribution in [3.05, 3.63) is 75.4 Å². The first kappa shape index (κ1) is 25.8. The summed E-state index contributed by atoms with van der Waals surface area (Å²) in [5.74, 6) is 1.23. The molecule has 3 aromatic carbocycles. The van der Waals surface area contributed by atoms with Crippen molar-refractivity contribution in [1.82, 2.24) is 5.43 Å². The predicted octanol–water partition coefficient (Wildman–Crippen LogP) is 4.10. The van der Waals surface area contributed by atoms with E-state index < -0.39 is 0 Å². The predicted molar refractivity (Wildman–Crippen MR) is 141 cm³/mol. The summed E-state index contributed by atoms with van der Waals surface area (Å²) >= 11 is 2.13. The lowest BCUT2D eigenvalue weighted by molar-refractivity contribution is -0.118. The Morgan fingerprint density at radius 3 is 2.37 bits per heavy atom. The molecule has 2 amide bonds. The van der Waals surface area contributed by atoms with Gasteiger partial charge < -0.3 is 24.3 Å². The molecule has 2 N–H and O–H groups in total. The molecular weight excluding hydrogens is 565 g/mol. The summed E-state index contributed by atoms with van der Waals surface area (Å²) in [6.07, 6.45) is 1.47. The van der Waals surface area contributed by atoms with E-state index in [1.54, 1.807) is 61.7 Å². The Bertz CT molecular complexity index is 1230. The van der Waals surface area contributed by atoms with E-state index in [0.29, 0.717) is 39.8 Å². The summed E-state index contributed by atoms with van der Waals surface area (Å²) < 4.78 is 22.3. The minimum absolute atomic E-state index is 0.225. The fourth-order valence-corrected chi connectivity index (χ4v) is 3.55. The summed E-state index contributed by atoms with van der Waals surface area (Å²) in [4.78, 5) is 24.6. The van der Waals surface area contributed by atoms with Gasteiger partial charge in [-0.25, -0.2) is 5.43 Å². The van der Waals surface area contributed by atoms with Gasteiger partial charge in [0.05, 0.1) is 36.8 Å². The third-order valence-corrected chi connectivity index (χ3v) is 5.61. The van der Waals surface area contributed by atoms with Gasteiger partial charge in [0, 0.05) is 5.56 Å². The van der Waals surface area contributed by atoms with Crippen molar-refractivity contribution in [2.24, 2.45) is 5.10 Å². The van der Waals surface area contributed by atoms with Crippen LogP contribution in [0.4, 0.5) is 5.69 Å². The van der Waals surface area contributed by atoms with Gasteiger partial charge in [0.1, 0.15) is 11.5 Å². The minimum atomic E-state index is -0.371. The number of anilines is 1. The van der Waals surface area contributed by atoms with Crippen LogP contribution in [0.1, 0.15) is 15.9 Å². The van der Waals surface area contributed by atoms with Gasteiger partial charge in [-0.2, -0.15) is 5.10 Å². The minimum Gasteiger partial charge on any atom is -0.496 e. The van der Waals surface area contributed by atoms with Gasteiger partial charge in [0.15, 0.2) is 18.1 Å². The number of nitrogens with zero attached hydrogens (tertiary/aromatic N) is 1. The SMILES string of the molecule is COc1cc(C(=O)N/N=C/c2ccc(OCC(=O)Nc3ccccc3OC)c(OC)c2)ccc1I. The van der Waals surface area contributed by atoms with E-state index in [0.717, 1.165) is 3.57 Å². The average Bonchev–Trinajstić information content (AvgIpc) is 2.88. The van der Waals surface area contributed by atoms with Crippen LogP contribution in [0.15, 0.2) is 65.8 Å². The van der Waals surface area contributed by atoms with Crippen molar-refractivity contribution in [3.63, 3.8) is 0 Å². The molecule has 35 heavy (non-hydrogen) atoms. The van der Waals surface area contributed by atoms with Crippen molar-refractivity contribution >= 4 is 46.3 Å². The number of ether oxygens (including phenoxy) is 4. The number of para-hydroxylation sites is 2. The summed E-state index contributed by atoms with van der Waals surface area (Å²) in [5, 5.41) is 6.74. The van der Waals surface area contributed by atoms with Gasteiger partial charge in [-0.15, -0.1) is 0 Å². The van der Waals surface area contributed by atoms with Gasteiger partial charge in [-0.3, -0.25) is 9.59 Å². The smallest absolute Gasteiger partial charge is 0.271 e. The van der Waals surface area contributed by atoms with E-state index in [-0.39, 0.29) is 18.4 Å². The second-order valence-corrected chi connectivity index (χ2v) is 8.16. The lowest BCUT2D eigenvalue weighted by Gasteiger charge is -2.12. The lowest BCUT2D eigenvalue weighted by atomic mass is 10.2. The molecule has 0 heterocycles. The number of amides is 2. The largest absolute Gasteiger partial charge is 0.496 e. The molecule has 0 radical (unpaired) electrons. The van der Waals surface area contributed by atoms with Crippen molar-refractivity contribution in [2.75, 3.05) is 33.3 Å². The Labute approximate surface area is 216 Å². The third-order valence-electron chi connectivity index (χ3n) is 4.72. The number of rotatable bonds is 10. The normalized spacial score (nSPS) is 10.5. The van der Waals surface area contributed by atoms with Crippen LogP contribution in [-0.4, -0.2) is 46.0 Å². The second-order valence-electron chi connectivity index (χ2n) is 7.00. The number of nitrogens with one attached hydrogen (secondary N) is 2. The Balaban J connectivity index is 1.59. The van der Waals surface area contributed by atoms with Crippen LogP contribution in [0.5, 0.6) is 23.0 Å². The summed E-state index contributed by atoms with van der Waals surface area (Å²) in [6, 6.07) is 17.3. The van der Waals surface area contributed by atoms with Crippen LogP contribution in [-0.2, 0) is 4.79 Å². The van der Waals surface area contributed by atoms with Crippen LogP contribution in [0.2, 0.25) is 0 Å². The first-order valence-electron chi connectivity index (χ1n) is 10.4. The van der Waals surface area contributed by atoms with E-state index >= 15 is 0 Å². The van der Waals surface area contributed by atoms with Crippen LogP contribution in [0.3, 0.4) is 0 Å². The maximum atomic E-state index is 12.3. The van der Waals surface area contributed by atoms with Crippen molar-refractivity contribution < 1.29 is 28.5 Å². The maximum absolute atomic E-state index is 12.3. The van der Waals surface area contributed by atoms with Crippen LogP contribution in [0, 0.1) is 3.57 Å². The van der Waals surface area contributed by atoms with E-state index in [2.05, 4.69) is 38.4 Å². The van der Waals surface area contributed by atoms with Gasteiger partial charge in [-0.05, 0) is 76.7 Å². The number of hydrogen-bond acceptors (Lipinski definition) is 7. The zero-order chi connectivity index (χ0) is 25.2. The molecule has 0 aliphatic carbocycles. The molecule has 0 atom stereocenters. The Hall–Kier alpha value is -3.80. The van der Waals surface area contributed by atoms with Crippen LogP contribution in [0.25, 0.3) is 0 Å². The highest BCUT2D eigenvalue weighted by molar-refractivity contribution is 14.1. The fraction of sp³-hybridized carbons (Fsp3) is 0.160. The molecular formula is C25H24IN3O6. The Morgan fingerprint density at radius 1 is 0.886 bits per heavy atom. The quantitative estimate of drug-likeness (QED) is 0.210. The third kappa shape index (κ3) is 7.09. The van der Waals surface area contributed by atoms with Gasteiger partial charge in [0.25, 0.3) is 11.8 Å². The van der Waals surface area contributed by atoms with Crippen LogP contribution < -0.4 is 29.7 Å². The number of carbonyl (C=O) groups excluding carboxylic acids is 2. The number of hydrazone groups is 1. The number of benzene rings is 3. The number of methoxy groups -OCH3 is 3. The molecule has 0 saturated carbocycles. The van der Waals surface area contributed by atoms with Crippen molar-refractivity contribution in [3.8, 4) is 23.0 Å². The van der Waals surface area contributed by atoms with Crippen molar-refractivity contribution in [1.29, 1.82) is 0 Å². The van der Waals surface area contributed by atoms with Crippen LogP contribution >= 0.6 is 22.6 Å². The molecule has 0 unspecified atom stereocenters. The van der Waals surface area contributed by atoms with Gasteiger partial charge in [-0.1, -0.05) is 12.1 Å². The topological polar surface area (TPSA) is 107 Å². The zero-order valence-electron chi connectivity index (χ0n) is 19.3. The monoisotopic (exact) mass is 589 g/mol. The molecule has 0 saturated heterocycles. The maximum Gasteiger partial charge on any atom is 0.271 e. The summed E-state index contributed by atoms with van der Waals surface area (Å²) in [7, 11) is 4.57.